The monoisotopic (exact) mass is 334 g/mol. The minimum absolute atomic E-state index is 0.204. The SMILES string of the molecule is O=C(CC1CCN(c2ccncc2F)CC1)OC(=O)C(F)(F)F. The predicted molar refractivity (Wildman–Crippen MR) is 70.9 cm³/mol. The van der Waals surface area contributed by atoms with Crippen molar-refractivity contribution in [3.63, 3.8) is 0 Å². The van der Waals surface area contributed by atoms with Crippen LogP contribution >= 0.6 is 0 Å². The number of piperidine rings is 1. The van der Waals surface area contributed by atoms with Gasteiger partial charge in [0.1, 0.15) is 0 Å². The van der Waals surface area contributed by atoms with Gasteiger partial charge >= 0.3 is 18.1 Å². The fraction of sp³-hybridized carbons (Fsp3) is 0.500. The van der Waals surface area contributed by atoms with E-state index in [2.05, 4.69) is 9.72 Å². The van der Waals surface area contributed by atoms with E-state index >= 15 is 0 Å². The van der Waals surface area contributed by atoms with Gasteiger partial charge in [-0.3, -0.25) is 9.78 Å². The van der Waals surface area contributed by atoms with Gasteiger partial charge in [-0.15, -0.1) is 0 Å². The van der Waals surface area contributed by atoms with Crippen molar-refractivity contribution in [1.82, 2.24) is 4.98 Å². The molecule has 1 aromatic rings. The van der Waals surface area contributed by atoms with Crippen LogP contribution in [0.2, 0.25) is 0 Å². The molecule has 0 amide bonds. The van der Waals surface area contributed by atoms with Crippen molar-refractivity contribution in [1.29, 1.82) is 0 Å². The first-order valence-corrected chi connectivity index (χ1v) is 6.93. The van der Waals surface area contributed by atoms with E-state index in [9.17, 15) is 27.2 Å². The van der Waals surface area contributed by atoms with Crippen LogP contribution in [0.1, 0.15) is 19.3 Å². The van der Waals surface area contributed by atoms with Crippen molar-refractivity contribution in [2.45, 2.75) is 25.4 Å². The number of ether oxygens (including phenoxy) is 1. The first-order valence-electron chi connectivity index (χ1n) is 6.93. The zero-order chi connectivity index (χ0) is 17.0. The molecule has 0 aromatic carbocycles. The minimum Gasteiger partial charge on any atom is -0.386 e. The van der Waals surface area contributed by atoms with Gasteiger partial charge in [0.15, 0.2) is 5.82 Å². The number of hydrogen-bond donors (Lipinski definition) is 0. The zero-order valence-corrected chi connectivity index (χ0v) is 12.0. The summed E-state index contributed by atoms with van der Waals surface area (Å²) in [5, 5.41) is 0. The smallest absolute Gasteiger partial charge is 0.386 e. The van der Waals surface area contributed by atoms with Gasteiger partial charge < -0.3 is 9.64 Å². The summed E-state index contributed by atoms with van der Waals surface area (Å²) >= 11 is 0. The lowest BCUT2D eigenvalue weighted by atomic mass is 9.93. The topological polar surface area (TPSA) is 59.5 Å². The molecule has 1 saturated heterocycles. The maximum atomic E-state index is 13.6. The normalized spacial score (nSPS) is 16.3. The van der Waals surface area contributed by atoms with Crippen LogP contribution in [0, 0.1) is 11.7 Å². The molecule has 2 rings (SSSR count). The highest BCUT2D eigenvalue weighted by atomic mass is 19.4. The van der Waals surface area contributed by atoms with Crippen molar-refractivity contribution in [3.05, 3.63) is 24.3 Å². The van der Waals surface area contributed by atoms with Crippen molar-refractivity contribution in [3.8, 4) is 0 Å². The lowest BCUT2D eigenvalue weighted by Crippen LogP contribution is -2.35. The molecule has 1 aliphatic rings. The number of carbonyl (C=O) groups excluding carboxylic acids is 2. The number of esters is 2. The summed E-state index contributed by atoms with van der Waals surface area (Å²) in [4.78, 5) is 27.3. The van der Waals surface area contributed by atoms with Gasteiger partial charge in [-0.1, -0.05) is 0 Å². The van der Waals surface area contributed by atoms with E-state index in [0.29, 0.717) is 31.6 Å². The first-order chi connectivity index (χ1) is 10.8. The Hall–Kier alpha value is -2.19. The molecule has 0 atom stereocenters. The van der Waals surface area contributed by atoms with Crippen LogP contribution in [0.3, 0.4) is 0 Å². The second-order valence-electron chi connectivity index (χ2n) is 5.22. The highest BCUT2D eigenvalue weighted by Gasteiger charge is 2.42. The molecule has 5 nitrogen and oxygen atoms in total. The van der Waals surface area contributed by atoms with Crippen LogP contribution in [0.25, 0.3) is 0 Å². The number of anilines is 1. The van der Waals surface area contributed by atoms with Crippen LogP contribution in [-0.4, -0.2) is 36.2 Å². The molecule has 1 aromatic heterocycles. The predicted octanol–water partition coefficient (Wildman–Crippen LogP) is 2.46. The van der Waals surface area contributed by atoms with E-state index in [1.54, 1.807) is 4.90 Å². The Bertz CT molecular complexity index is 584. The Labute approximate surface area is 129 Å². The third-order valence-corrected chi connectivity index (χ3v) is 3.60. The van der Waals surface area contributed by atoms with Gasteiger partial charge in [-0.25, -0.2) is 9.18 Å². The summed E-state index contributed by atoms with van der Waals surface area (Å²) in [5.74, 6) is -4.36. The summed E-state index contributed by atoms with van der Waals surface area (Å²) in [6.07, 6.45) is -1.92. The van der Waals surface area contributed by atoms with Gasteiger partial charge in [0, 0.05) is 25.7 Å². The van der Waals surface area contributed by atoms with Gasteiger partial charge in [0.05, 0.1) is 11.9 Å². The van der Waals surface area contributed by atoms with Crippen molar-refractivity contribution in [2.75, 3.05) is 18.0 Å². The van der Waals surface area contributed by atoms with E-state index in [-0.39, 0.29) is 12.3 Å². The van der Waals surface area contributed by atoms with Crippen LogP contribution in [0.15, 0.2) is 18.5 Å². The molecule has 0 spiro atoms. The average Bonchev–Trinajstić information content (AvgIpc) is 2.47. The second-order valence-corrected chi connectivity index (χ2v) is 5.22. The highest BCUT2D eigenvalue weighted by molar-refractivity contribution is 5.88. The number of alkyl halides is 3. The largest absolute Gasteiger partial charge is 0.491 e. The lowest BCUT2D eigenvalue weighted by molar-refractivity contribution is -0.202. The van der Waals surface area contributed by atoms with Crippen LogP contribution in [-0.2, 0) is 14.3 Å². The Morgan fingerprint density at radius 3 is 2.52 bits per heavy atom. The van der Waals surface area contributed by atoms with Crippen molar-refractivity contribution in [2.24, 2.45) is 5.92 Å². The van der Waals surface area contributed by atoms with Gasteiger partial charge in [-0.05, 0) is 24.8 Å². The van der Waals surface area contributed by atoms with E-state index in [1.165, 1.54) is 12.3 Å². The van der Waals surface area contributed by atoms with Gasteiger partial charge in [-0.2, -0.15) is 13.2 Å². The fourth-order valence-electron chi connectivity index (χ4n) is 2.44. The number of nitrogens with zero attached hydrogens (tertiary/aromatic N) is 2. The van der Waals surface area contributed by atoms with Crippen LogP contribution < -0.4 is 4.90 Å². The van der Waals surface area contributed by atoms with E-state index in [4.69, 9.17) is 0 Å². The molecule has 1 aliphatic heterocycles. The molecule has 2 heterocycles. The van der Waals surface area contributed by atoms with Gasteiger partial charge in [0.2, 0.25) is 0 Å². The molecule has 126 valence electrons. The molecule has 0 bridgehead atoms. The van der Waals surface area contributed by atoms with Crippen molar-refractivity contribution < 1.29 is 31.9 Å². The third kappa shape index (κ3) is 4.64. The fourth-order valence-corrected chi connectivity index (χ4v) is 2.44. The molecule has 23 heavy (non-hydrogen) atoms. The van der Waals surface area contributed by atoms with E-state index in [0.717, 1.165) is 6.20 Å². The highest BCUT2D eigenvalue weighted by Crippen LogP contribution is 2.27. The summed E-state index contributed by atoms with van der Waals surface area (Å²) in [6, 6.07) is 1.53. The summed E-state index contributed by atoms with van der Waals surface area (Å²) < 4.78 is 53.4. The Morgan fingerprint density at radius 2 is 1.96 bits per heavy atom. The molecule has 0 unspecified atom stereocenters. The van der Waals surface area contributed by atoms with E-state index < -0.39 is 23.9 Å². The Balaban J connectivity index is 1.82. The number of halogens is 4. The number of carbonyl (C=O) groups is 2. The summed E-state index contributed by atoms with van der Waals surface area (Å²) in [6.45, 7) is 0.901. The van der Waals surface area contributed by atoms with Crippen molar-refractivity contribution >= 4 is 17.6 Å². The first kappa shape index (κ1) is 17.2. The maximum absolute atomic E-state index is 13.6. The second kappa shape index (κ2) is 6.93. The number of rotatable bonds is 3. The standard InChI is InChI=1S/C14H14F4N2O3/c15-10-8-19-4-1-11(10)20-5-2-9(3-6-20)7-12(21)23-13(22)14(16,17)18/h1,4,8-9H,2-3,5-7H2. The minimum atomic E-state index is -5.18. The number of aromatic nitrogens is 1. The van der Waals surface area contributed by atoms with Gasteiger partial charge in [0.25, 0.3) is 0 Å². The number of hydrogen-bond acceptors (Lipinski definition) is 5. The molecule has 0 radical (unpaired) electrons. The molecular weight excluding hydrogens is 320 g/mol. The summed E-state index contributed by atoms with van der Waals surface area (Å²) in [7, 11) is 0. The molecule has 0 saturated carbocycles. The number of pyridine rings is 1. The molecule has 9 heteroatoms. The summed E-state index contributed by atoms with van der Waals surface area (Å²) in [5.41, 5.74) is 0.397. The third-order valence-electron chi connectivity index (χ3n) is 3.60. The van der Waals surface area contributed by atoms with Crippen LogP contribution in [0.4, 0.5) is 23.2 Å². The van der Waals surface area contributed by atoms with Crippen LogP contribution in [0.5, 0.6) is 0 Å². The lowest BCUT2D eigenvalue weighted by Gasteiger charge is -2.33. The van der Waals surface area contributed by atoms with E-state index in [1.807, 2.05) is 0 Å². The maximum Gasteiger partial charge on any atom is 0.491 e. The molecule has 1 fully saturated rings. The zero-order valence-electron chi connectivity index (χ0n) is 12.0. The Kier molecular flexibility index (Phi) is 5.17. The molecule has 0 aliphatic carbocycles. The molecular formula is C14H14F4N2O3. The Morgan fingerprint density at radius 1 is 1.30 bits per heavy atom. The quantitative estimate of drug-likeness (QED) is 0.483. The average molecular weight is 334 g/mol. The molecule has 0 N–H and O–H groups in total.